The summed E-state index contributed by atoms with van der Waals surface area (Å²) in [5.74, 6) is -0.625. The van der Waals surface area contributed by atoms with Crippen molar-refractivity contribution in [2.75, 3.05) is 22.5 Å². The molecule has 0 atom stereocenters. The van der Waals surface area contributed by atoms with Crippen LogP contribution in [0.3, 0.4) is 0 Å². The highest BCUT2D eigenvalue weighted by atomic mass is 32.2. The molecule has 1 aromatic heterocycles. The van der Waals surface area contributed by atoms with Crippen LogP contribution < -0.4 is 10.2 Å². The molecular weight excluding hydrogens is 459 g/mol. The van der Waals surface area contributed by atoms with Crippen LogP contribution in [0, 0.1) is 5.82 Å². The van der Waals surface area contributed by atoms with Gasteiger partial charge < -0.3 is 4.90 Å². The Morgan fingerprint density at radius 2 is 2.10 bits per heavy atom. The molecule has 0 bridgehead atoms. The fourth-order valence-corrected chi connectivity index (χ4v) is 6.47. The zero-order chi connectivity index (χ0) is 21.6. The summed E-state index contributed by atoms with van der Waals surface area (Å²) in [6.45, 7) is 0.347. The van der Waals surface area contributed by atoms with Gasteiger partial charge in [-0.15, -0.1) is 15.7 Å². The molecule has 0 saturated carbocycles. The second-order valence-corrected chi connectivity index (χ2v) is 10.9. The van der Waals surface area contributed by atoms with Crippen LogP contribution in [0.1, 0.15) is 20.8 Å². The van der Waals surface area contributed by atoms with Gasteiger partial charge in [0.1, 0.15) is 5.82 Å². The first-order valence-corrected chi connectivity index (χ1v) is 12.5. The van der Waals surface area contributed by atoms with Gasteiger partial charge in [0.25, 0.3) is 15.9 Å². The van der Waals surface area contributed by atoms with E-state index in [-0.39, 0.29) is 17.5 Å². The molecule has 7 nitrogen and oxygen atoms in total. The minimum Gasteiger partial charge on any atom is -0.318 e. The van der Waals surface area contributed by atoms with Crippen LogP contribution in [0.4, 0.5) is 15.2 Å². The highest BCUT2D eigenvalue weighted by Gasteiger charge is 2.33. The monoisotopic (exact) mass is 474 g/mol. The van der Waals surface area contributed by atoms with Crippen LogP contribution in [0.2, 0.25) is 0 Å². The van der Waals surface area contributed by atoms with Crippen molar-refractivity contribution < 1.29 is 17.6 Å². The van der Waals surface area contributed by atoms with Gasteiger partial charge in [-0.05, 0) is 47.7 Å². The molecular formula is C20H15FN4O3S3. The second kappa shape index (κ2) is 7.74. The van der Waals surface area contributed by atoms with Gasteiger partial charge in [-0.25, -0.2) is 17.8 Å². The first kappa shape index (κ1) is 20.2. The smallest absolute Gasteiger partial charge is 0.257 e. The number of fused-ring (bicyclic) bond motifs is 3. The van der Waals surface area contributed by atoms with Crippen molar-refractivity contribution in [2.45, 2.75) is 11.3 Å². The average Bonchev–Trinajstić information content (AvgIpc) is 3.29. The molecule has 31 heavy (non-hydrogen) atoms. The number of nitrogens with zero attached hydrogens (tertiary/aromatic N) is 3. The fourth-order valence-electron chi connectivity index (χ4n) is 3.34. The molecule has 1 N–H and O–H groups in total. The first-order chi connectivity index (χ1) is 14.9. The van der Waals surface area contributed by atoms with Crippen LogP contribution >= 0.6 is 23.1 Å². The van der Waals surface area contributed by atoms with Crippen molar-refractivity contribution in [2.24, 2.45) is 4.40 Å². The van der Waals surface area contributed by atoms with E-state index < -0.39 is 10.0 Å². The predicted octanol–water partition coefficient (Wildman–Crippen LogP) is 3.74. The second-order valence-electron chi connectivity index (χ2n) is 6.99. The number of thioether (sulfide) groups is 1. The third-order valence-electron chi connectivity index (χ3n) is 4.78. The Bertz CT molecular complexity index is 1340. The Kier molecular flexibility index (Phi) is 5.03. The zero-order valence-corrected chi connectivity index (χ0v) is 18.4. The van der Waals surface area contributed by atoms with E-state index in [1.54, 1.807) is 30.5 Å². The number of amidine groups is 1. The average molecular weight is 475 g/mol. The van der Waals surface area contributed by atoms with Gasteiger partial charge in [-0.1, -0.05) is 12.1 Å². The number of carbonyl (C=O) groups is 1. The molecule has 5 rings (SSSR count). The number of amides is 1. The number of rotatable bonds is 4. The van der Waals surface area contributed by atoms with E-state index in [1.807, 2.05) is 11.0 Å². The summed E-state index contributed by atoms with van der Waals surface area (Å²) < 4.78 is 40.7. The molecule has 3 heterocycles. The summed E-state index contributed by atoms with van der Waals surface area (Å²) >= 11 is 2.57. The molecule has 0 radical (unpaired) electrons. The van der Waals surface area contributed by atoms with Crippen LogP contribution in [0.25, 0.3) is 0 Å². The van der Waals surface area contributed by atoms with Gasteiger partial charge in [0.15, 0.2) is 10.3 Å². The molecule has 1 amide bonds. The molecule has 2 aliphatic rings. The van der Waals surface area contributed by atoms with Crippen LogP contribution in [-0.2, 0) is 16.4 Å². The van der Waals surface area contributed by atoms with Gasteiger partial charge >= 0.3 is 0 Å². The SMILES string of the molecule is O=C(Nc1ncc(Cc2cccc(F)c2)s1)c1ccc2c(c1)SC1=NS(=O)(=O)CCN12. The van der Waals surface area contributed by atoms with E-state index in [4.69, 9.17) is 0 Å². The number of thiazole rings is 1. The molecule has 158 valence electrons. The Hall–Kier alpha value is -2.76. The van der Waals surface area contributed by atoms with Crippen molar-refractivity contribution >= 4 is 55.0 Å². The molecule has 0 fully saturated rings. The Morgan fingerprint density at radius 3 is 2.94 bits per heavy atom. The molecule has 0 spiro atoms. The normalized spacial score (nSPS) is 16.4. The fraction of sp³-hybridized carbons (Fsp3) is 0.150. The van der Waals surface area contributed by atoms with Crippen molar-refractivity contribution in [3.05, 3.63) is 70.5 Å². The number of hydrogen-bond acceptors (Lipinski definition) is 7. The lowest BCUT2D eigenvalue weighted by atomic mass is 10.1. The van der Waals surface area contributed by atoms with Crippen molar-refractivity contribution in [1.82, 2.24) is 4.98 Å². The predicted molar refractivity (Wildman–Crippen MR) is 120 cm³/mol. The molecule has 3 aromatic rings. The summed E-state index contributed by atoms with van der Waals surface area (Å²) in [5, 5.41) is 3.66. The van der Waals surface area contributed by atoms with E-state index in [0.717, 1.165) is 21.0 Å². The third-order valence-corrected chi connectivity index (χ3v) is 8.00. The number of hydrogen-bond donors (Lipinski definition) is 1. The number of anilines is 2. The minimum absolute atomic E-state index is 0.0270. The molecule has 2 aromatic carbocycles. The molecule has 0 unspecified atom stereocenters. The summed E-state index contributed by atoms with van der Waals surface area (Å²) in [4.78, 5) is 20.5. The quantitative estimate of drug-likeness (QED) is 0.620. The molecule has 2 aliphatic heterocycles. The van der Waals surface area contributed by atoms with E-state index >= 15 is 0 Å². The summed E-state index contributed by atoms with van der Waals surface area (Å²) in [7, 11) is -3.43. The van der Waals surface area contributed by atoms with Crippen LogP contribution in [0.5, 0.6) is 0 Å². The van der Waals surface area contributed by atoms with E-state index in [2.05, 4.69) is 14.7 Å². The molecule has 0 saturated heterocycles. The lowest BCUT2D eigenvalue weighted by molar-refractivity contribution is 0.102. The molecule has 11 heteroatoms. The number of nitrogens with one attached hydrogen (secondary N) is 1. The van der Waals surface area contributed by atoms with Gasteiger partial charge in [-0.3, -0.25) is 10.1 Å². The Morgan fingerprint density at radius 1 is 1.23 bits per heavy atom. The van der Waals surface area contributed by atoms with Crippen molar-refractivity contribution in [3.63, 3.8) is 0 Å². The summed E-state index contributed by atoms with van der Waals surface area (Å²) in [6, 6.07) is 11.6. The standard InChI is InChI=1S/C20H15FN4O3S3/c21-14-3-1-2-12(8-14)9-15-11-22-19(29-15)23-18(26)13-4-5-16-17(10-13)30-20-24-31(27,28)7-6-25(16)20/h1-5,8,10-11H,6-7,9H2,(H,22,23,26). The van der Waals surface area contributed by atoms with Crippen molar-refractivity contribution in [1.29, 1.82) is 0 Å². The summed E-state index contributed by atoms with van der Waals surface area (Å²) in [6.07, 6.45) is 2.20. The Labute approximate surface area is 186 Å². The van der Waals surface area contributed by atoms with Crippen LogP contribution in [-0.4, -0.2) is 36.8 Å². The van der Waals surface area contributed by atoms with Gasteiger partial charge in [0.05, 0.1) is 11.4 Å². The maximum absolute atomic E-state index is 13.4. The van der Waals surface area contributed by atoms with Gasteiger partial charge in [0, 0.05) is 34.5 Å². The number of sulfonamides is 1. The number of benzene rings is 2. The highest BCUT2D eigenvalue weighted by molar-refractivity contribution is 8.15. The zero-order valence-electron chi connectivity index (χ0n) is 15.9. The lowest BCUT2D eigenvalue weighted by Crippen LogP contribution is -2.35. The summed E-state index contributed by atoms with van der Waals surface area (Å²) in [5.41, 5.74) is 2.12. The van der Waals surface area contributed by atoms with Crippen molar-refractivity contribution in [3.8, 4) is 0 Å². The van der Waals surface area contributed by atoms with E-state index in [0.29, 0.717) is 28.8 Å². The largest absolute Gasteiger partial charge is 0.318 e. The van der Waals surface area contributed by atoms with Crippen LogP contribution in [0.15, 0.2) is 58.0 Å². The highest BCUT2D eigenvalue weighted by Crippen LogP contribution is 2.42. The first-order valence-electron chi connectivity index (χ1n) is 9.29. The molecule has 0 aliphatic carbocycles. The lowest BCUT2D eigenvalue weighted by Gasteiger charge is -2.22. The maximum Gasteiger partial charge on any atom is 0.257 e. The Balaban J connectivity index is 1.30. The van der Waals surface area contributed by atoms with E-state index in [1.165, 1.54) is 35.2 Å². The topological polar surface area (TPSA) is 91.7 Å². The number of aromatic nitrogens is 1. The van der Waals surface area contributed by atoms with Gasteiger partial charge in [-0.2, -0.15) is 0 Å². The number of halogens is 1. The minimum atomic E-state index is -3.43. The number of carbonyl (C=O) groups excluding carboxylic acids is 1. The third kappa shape index (κ3) is 4.21. The van der Waals surface area contributed by atoms with Gasteiger partial charge in [0.2, 0.25) is 0 Å². The van der Waals surface area contributed by atoms with E-state index in [9.17, 15) is 17.6 Å². The maximum atomic E-state index is 13.4.